The molecule has 1 aromatic heterocycles. The molecule has 0 aromatic carbocycles. The summed E-state index contributed by atoms with van der Waals surface area (Å²) < 4.78 is 0. The first-order chi connectivity index (χ1) is 9.01. The van der Waals surface area contributed by atoms with Gasteiger partial charge in [0.15, 0.2) is 0 Å². The van der Waals surface area contributed by atoms with Gasteiger partial charge in [0.05, 0.1) is 0 Å². The van der Waals surface area contributed by atoms with Gasteiger partial charge in [-0.2, -0.15) is 0 Å². The minimum Gasteiger partial charge on any atom is -0.311 e. The second-order valence-corrected chi connectivity index (χ2v) is 7.47. The maximum atomic E-state index is 3.71. The zero-order chi connectivity index (χ0) is 14.0. The fourth-order valence-electron chi connectivity index (χ4n) is 2.76. The zero-order valence-electron chi connectivity index (χ0n) is 13.0. The van der Waals surface area contributed by atoms with Crippen LogP contribution >= 0.6 is 11.3 Å². The van der Waals surface area contributed by atoms with E-state index >= 15 is 0 Å². The van der Waals surface area contributed by atoms with Gasteiger partial charge in [-0.1, -0.05) is 20.3 Å². The Kier molecular flexibility index (Phi) is 5.04. The highest BCUT2D eigenvalue weighted by atomic mass is 32.1. The first-order valence-corrected chi connectivity index (χ1v) is 8.36. The van der Waals surface area contributed by atoms with Gasteiger partial charge in [0.1, 0.15) is 0 Å². The summed E-state index contributed by atoms with van der Waals surface area (Å²) in [7, 11) is 0. The van der Waals surface area contributed by atoms with Gasteiger partial charge >= 0.3 is 0 Å². The van der Waals surface area contributed by atoms with Crippen LogP contribution in [0.4, 0.5) is 0 Å². The van der Waals surface area contributed by atoms with Gasteiger partial charge in [0.25, 0.3) is 0 Å². The Morgan fingerprint density at radius 2 is 2.21 bits per heavy atom. The molecule has 2 nitrogen and oxygen atoms in total. The molecule has 0 bridgehead atoms. The van der Waals surface area contributed by atoms with E-state index in [1.54, 1.807) is 0 Å². The third kappa shape index (κ3) is 3.59. The third-order valence-corrected chi connectivity index (χ3v) is 5.77. The first-order valence-electron chi connectivity index (χ1n) is 7.54. The quantitative estimate of drug-likeness (QED) is 0.907. The second-order valence-electron chi connectivity index (χ2n) is 6.13. The lowest BCUT2D eigenvalue weighted by Crippen LogP contribution is -2.56. The number of piperazine rings is 1. The summed E-state index contributed by atoms with van der Waals surface area (Å²) >= 11 is 1.96. The Hall–Kier alpha value is -0.380. The Labute approximate surface area is 122 Å². The summed E-state index contributed by atoms with van der Waals surface area (Å²) in [4.78, 5) is 5.64. The highest BCUT2D eigenvalue weighted by molar-refractivity contribution is 7.12. The topological polar surface area (TPSA) is 15.3 Å². The number of nitrogens with zero attached hydrogens (tertiary/aromatic N) is 1. The predicted octanol–water partition coefficient (Wildman–Crippen LogP) is 3.57. The molecule has 0 saturated carbocycles. The normalized spacial score (nSPS) is 26.6. The average molecular weight is 280 g/mol. The van der Waals surface area contributed by atoms with E-state index in [1.807, 2.05) is 11.3 Å². The van der Waals surface area contributed by atoms with Gasteiger partial charge in [-0.3, -0.25) is 4.90 Å². The summed E-state index contributed by atoms with van der Waals surface area (Å²) in [6.45, 7) is 14.9. The molecule has 1 aromatic rings. The van der Waals surface area contributed by atoms with Gasteiger partial charge < -0.3 is 5.32 Å². The molecule has 1 N–H and O–H groups in total. The maximum absolute atomic E-state index is 3.71. The van der Waals surface area contributed by atoms with Crippen LogP contribution in [0.3, 0.4) is 0 Å². The van der Waals surface area contributed by atoms with Gasteiger partial charge in [0, 0.05) is 41.5 Å². The maximum Gasteiger partial charge on any atom is 0.0332 e. The predicted molar refractivity (Wildman–Crippen MR) is 84.9 cm³/mol. The first kappa shape index (κ1) is 15.0. The van der Waals surface area contributed by atoms with Crippen LogP contribution in [0.1, 0.15) is 42.5 Å². The van der Waals surface area contributed by atoms with E-state index in [4.69, 9.17) is 0 Å². The fourth-order valence-corrected chi connectivity index (χ4v) is 3.84. The molecule has 3 heteroatoms. The summed E-state index contributed by atoms with van der Waals surface area (Å²) in [5.41, 5.74) is 1.45. The van der Waals surface area contributed by atoms with E-state index in [1.165, 1.54) is 28.3 Å². The molecule has 0 spiro atoms. The standard InChI is InChI=1S/C16H28N2S/c1-6-11(2)16-10-18(13(4)8-17-16)9-15-7-12(3)14(5)19-15/h7,11,13,16-17H,6,8-10H2,1-5H3. The monoisotopic (exact) mass is 280 g/mol. The molecule has 2 rings (SSSR count). The summed E-state index contributed by atoms with van der Waals surface area (Å²) in [6, 6.07) is 3.67. The minimum atomic E-state index is 0.642. The van der Waals surface area contributed by atoms with Crippen molar-refractivity contribution in [2.75, 3.05) is 13.1 Å². The molecular weight excluding hydrogens is 252 g/mol. The van der Waals surface area contributed by atoms with Crippen molar-refractivity contribution in [1.29, 1.82) is 0 Å². The van der Waals surface area contributed by atoms with E-state index in [-0.39, 0.29) is 0 Å². The van der Waals surface area contributed by atoms with E-state index in [0.29, 0.717) is 12.1 Å². The van der Waals surface area contributed by atoms with Crippen LogP contribution in [-0.2, 0) is 6.54 Å². The van der Waals surface area contributed by atoms with Crippen LogP contribution in [0.2, 0.25) is 0 Å². The molecule has 1 aliphatic heterocycles. The Balaban J connectivity index is 2.01. The van der Waals surface area contributed by atoms with Gasteiger partial charge in [-0.15, -0.1) is 11.3 Å². The van der Waals surface area contributed by atoms with Gasteiger partial charge in [-0.05, 0) is 38.3 Å². The Morgan fingerprint density at radius 3 is 2.79 bits per heavy atom. The van der Waals surface area contributed by atoms with Crippen LogP contribution in [0.15, 0.2) is 6.07 Å². The van der Waals surface area contributed by atoms with Crippen molar-refractivity contribution in [3.8, 4) is 0 Å². The summed E-state index contributed by atoms with van der Waals surface area (Å²) in [5.74, 6) is 0.766. The second kappa shape index (κ2) is 6.38. The molecule has 108 valence electrons. The molecule has 1 fully saturated rings. The van der Waals surface area contributed by atoms with Crippen molar-refractivity contribution < 1.29 is 0 Å². The van der Waals surface area contributed by atoms with Crippen molar-refractivity contribution in [1.82, 2.24) is 10.2 Å². The molecule has 2 heterocycles. The van der Waals surface area contributed by atoms with Crippen molar-refractivity contribution in [3.05, 3.63) is 21.4 Å². The summed E-state index contributed by atoms with van der Waals surface area (Å²) in [6.07, 6.45) is 1.26. The summed E-state index contributed by atoms with van der Waals surface area (Å²) in [5, 5.41) is 3.71. The van der Waals surface area contributed by atoms with Crippen molar-refractivity contribution in [2.45, 2.75) is 59.7 Å². The van der Waals surface area contributed by atoms with Gasteiger partial charge in [-0.25, -0.2) is 0 Å². The van der Waals surface area contributed by atoms with Crippen molar-refractivity contribution >= 4 is 11.3 Å². The van der Waals surface area contributed by atoms with Crippen molar-refractivity contribution in [3.63, 3.8) is 0 Å². The molecule has 0 radical (unpaired) electrons. The van der Waals surface area contributed by atoms with E-state index in [0.717, 1.165) is 19.0 Å². The minimum absolute atomic E-state index is 0.642. The molecule has 3 unspecified atom stereocenters. The van der Waals surface area contributed by atoms with Crippen LogP contribution in [0, 0.1) is 19.8 Å². The molecule has 3 atom stereocenters. The smallest absolute Gasteiger partial charge is 0.0332 e. The van der Waals surface area contributed by atoms with E-state index in [2.05, 4.69) is 50.9 Å². The number of hydrogen-bond acceptors (Lipinski definition) is 3. The number of aryl methyl sites for hydroxylation is 2. The number of thiophene rings is 1. The Bertz CT molecular complexity index is 393. The van der Waals surface area contributed by atoms with E-state index in [9.17, 15) is 0 Å². The number of nitrogens with one attached hydrogen (secondary N) is 1. The van der Waals surface area contributed by atoms with Gasteiger partial charge in [0.2, 0.25) is 0 Å². The molecule has 0 amide bonds. The fraction of sp³-hybridized carbons (Fsp3) is 0.750. The number of hydrogen-bond donors (Lipinski definition) is 1. The Morgan fingerprint density at radius 1 is 1.47 bits per heavy atom. The van der Waals surface area contributed by atoms with Crippen LogP contribution in [0.5, 0.6) is 0 Å². The zero-order valence-corrected chi connectivity index (χ0v) is 13.8. The van der Waals surface area contributed by atoms with Crippen LogP contribution < -0.4 is 5.32 Å². The van der Waals surface area contributed by atoms with Crippen LogP contribution in [0.25, 0.3) is 0 Å². The highest BCUT2D eigenvalue weighted by Gasteiger charge is 2.27. The average Bonchev–Trinajstić information content (AvgIpc) is 2.70. The molecule has 1 aliphatic rings. The van der Waals surface area contributed by atoms with E-state index < -0.39 is 0 Å². The third-order valence-electron chi connectivity index (χ3n) is 4.64. The molecule has 0 aliphatic carbocycles. The number of rotatable bonds is 4. The van der Waals surface area contributed by atoms with Crippen molar-refractivity contribution in [2.24, 2.45) is 5.92 Å². The van der Waals surface area contributed by atoms with Crippen LogP contribution in [-0.4, -0.2) is 30.1 Å². The molecular formula is C16H28N2S. The SMILES string of the molecule is CCC(C)C1CN(Cc2cc(C)c(C)s2)C(C)CN1. The molecule has 19 heavy (non-hydrogen) atoms. The largest absolute Gasteiger partial charge is 0.311 e. The highest BCUT2D eigenvalue weighted by Crippen LogP contribution is 2.24. The lowest BCUT2D eigenvalue weighted by Gasteiger charge is -2.40. The molecule has 1 saturated heterocycles. The lowest BCUT2D eigenvalue weighted by atomic mass is 9.95. The lowest BCUT2D eigenvalue weighted by molar-refractivity contribution is 0.113.